The van der Waals surface area contributed by atoms with Gasteiger partial charge in [0.1, 0.15) is 11.6 Å². The highest BCUT2D eigenvalue weighted by Gasteiger charge is 2.31. The lowest BCUT2D eigenvalue weighted by atomic mass is 10.2. The van der Waals surface area contributed by atoms with Gasteiger partial charge in [0.2, 0.25) is 5.91 Å². The van der Waals surface area contributed by atoms with Crippen molar-refractivity contribution in [1.29, 1.82) is 0 Å². The van der Waals surface area contributed by atoms with E-state index in [2.05, 4.69) is 20.2 Å². The zero-order chi connectivity index (χ0) is 18.8. The molecule has 1 unspecified atom stereocenters. The first-order valence-corrected chi connectivity index (χ1v) is 9.23. The fourth-order valence-corrected chi connectivity index (χ4v) is 3.62. The topological polar surface area (TPSA) is 68.0 Å². The van der Waals surface area contributed by atoms with Gasteiger partial charge in [-0.1, -0.05) is 0 Å². The molecule has 1 fully saturated rings. The Morgan fingerprint density at radius 3 is 2.63 bits per heavy atom. The van der Waals surface area contributed by atoms with Crippen LogP contribution in [0.25, 0.3) is 5.69 Å². The molecule has 7 nitrogen and oxygen atoms in total. The molecule has 1 saturated heterocycles. The lowest BCUT2D eigenvalue weighted by molar-refractivity contribution is -0.120. The van der Waals surface area contributed by atoms with Crippen molar-refractivity contribution in [3.8, 4) is 5.69 Å². The Hall–Kier alpha value is -2.93. The van der Waals surface area contributed by atoms with E-state index in [0.29, 0.717) is 6.54 Å². The molecule has 27 heavy (non-hydrogen) atoms. The fraction of sp³-hybridized carbons (Fsp3) is 0.350. The van der Waals surface area contributed by atoms with Crippen LogP contribution in [-0.4, -0.2) is 42.5 Å². The lowest BCUT2D eigenvalue weighted by Crippen LogP contribution is -2.39. The first-order valence-electron chi connectivity index (χ1n) is 9.23. The molecule has 3 aromatic rings. The van der Waals surface area contributed by atoms with E-state index in [1.165, 1.54) is 0 Å². The first-order chi connectivity index (χ1) is 13.1. The second kappa shape index (κ2) is 7.36. The van der Waals surface area contributed by atoms with Crippen LogP contribution in [0.5, 0.6) is 0 Å². The highest BCUT2D eigenvalue weighted by molar-refractivity contribution is 5.95. The SMILES string of the molecule is Cc1nccn1-c1ccc(NC(=O)C2CCCN2Cc2nccn2C)cc1. The number of amides is 1. The van der Waals surface area contributed by atoms with E-state index in [-0.39, 0.29) is 11.9 Å². The van der Waals surface area contributed by atoms with Gasteiger partial charge in [0.05, 0.1) is 12.6 Å². The Kier molecular flexibility index (Phi) is 4.77. The van der Waals surface area contributed by atoms with Crippen LogP contribution in [0.4, 0.5) is 5.69 Å². The van der Waals surface area contributed by atoms with Crippen LogP contribution in [-0.2, 0) is 18.4 Å². The highest BCUT2D eigenvalue weighted by Crippen LogP contribution is 2.22. The zero-order valence-corrected chi connectivity index (χ0v) is 15.7. The number of aromatic nitrogens is 4. The molecule has 2 aromatic heterocycles. The van der Waals surface area contributed by atoms with Gasteiger partial charge >= 0.3 is 0 Å². The molecule has 0 bridgehead atoms. The number of nitrogens with one attached hydrogen (secondary N) is 1. The van der Waals surface area contributed by atoms with E-state index >= 15 is 0 Å². The summed E-state index contributed by atoms with van der Waals surface area (Å²) in [6, 6.07) is 7.74. The van der Waals surface area contributed by atoms with Crippen LogP contribution in [0.3, 0.4) is 0 Å². The number of nitrogens with zero attached hydrogens (tertiary/aromatic N) is 5. The molecule has 0 radical (unpaired) electrons. The average Bonchev–Trinajstić information content (AvgIpc) is 3.39. The van der Waals surface area contributed by atoms with Crippen LogP contribution in [0.15, 0.2) is 49.1 Å². The molecule has 4 rings (SSSR count). The molecule has 1 amide bonds. The third kappa shape index (κ3) is 3.64. The molecule has 1 aliphatic heterocycles. The Morgan fingerprint density at radius 1 is 1.19 bits per heavy atom. The predicted octanol–water partition coefficient (Wildman–Crippen LogP) is 2.52. The minimum absolute atomic E-state index is 0.0493. The molecule has 3 heterocycles. The molecular formula is C20H24N6O. The number of aryl methyl sites for hydroxylation is 2. The number of rotatable bonds is 5. The second-order valence-corrected chi connectivity index (χ2v) is 6.96. The maximum atomic E-state index is 12.8. The highest BCUT2D eigenvalue weighted by atomic mass is 16.2. The summed E-state index contributed by atoms with van der Waals surface area (Å²) in [7, 11) is 1.98. The minimum atomic E-state index is -0.114. The van der Waals surface area contributed by atoms with Gasteiger partial charge in [0.25, 0.3) is 0 Å². The number of carbonyl (C=O) groups is 1. The van der Waals surface area contributed by atoms with Crippen molar-refractivity contribution in [3.05, 3.63) is 60.7 Å². The van der Waals surface area contributed by atoms with Gasteiger partial charge in [-0.15, -0.1) is 0 Å². The number of benzene rings is 1. The summed E-state index contributed by atoms with van der Waals surface area (Å²) in [5.41, 5.74) is 1.84. The van der Waals surface area contributed by atoms with Crippen molar-refractivity contribution in [2.45, 2.75) is 32.4 Å². The number of likely N-dealkylation sites (tertiary alicyclic amines) is 1. The maximum Gasteiger partial charge on any atom is 0.241 e. The van der Waals surface area contributed by atoms with Crippen LogP contribution in [0.1, 0.15) is 24.5 Å². The quantitative estimate of drug-likeness (QED) is 0.755. The van der Waals surface area contributed by atoms with Crippen molar-refractivity contribution in [2.75, 3.05) is 11.9 Å². The van der Waals surface area contributed by atoms with Gasteiger partial charge in [0, 0.05) is 43.2 Å². The van der Waals surface area contributed by atoms with Gasteiger partial charge < -0.3 is 14.5 Å². The number of anilines is 1. The number of imidazole rings is 2. The van der Waals surface area contributed by atoms with Gasteiger partial charge in [-0.2, -0.15) is 0 Å². The fourth-order valence-electron chi connectivity index (χ4n) is 3.62. The lowest BCUT2D eigenvalue weighted by Gasteiger charge is -2.23. The van der Waals surface area contributed by atoms with E-state index in [1.807, 2.05) is 59.8 Å². The number of carbonyl (C=O) groups excluding carboxylic acids is 1. The number of hydrogen-bond acceptors (Lipinski definition) is 4. The molecule has 0 aliphatic carbocycles. The van der Waals surface area contributed by atoms with Crippen molar-refractivity contribution in [3.63, 3.8) is 0 Å². The summed E-state index contributed by atoms with van der Waals surface area (Å²) in [6.45, 7) is 3.58. The Bertz CT molecular complexity index is 926. The van der Waals surface area contributed by atoms with Gasteiger partial charge in [-0.3, -0.25) is 9.69 Å². The van der Waals surface area contributed by atoms with Gasteiger partial charge in [-0.05, 0) is 50.6 Å². The largest absolute Gasteiger partial charge is 0.337 e. The molecule has 140 valence electrons. The second-order valence-electron chi connectivity index (χ2n) is 6.96. The van der Waals surface area contributed by atoms with Crippen LogP contribution in [0.2, 0.25) is 0 Å². The molecule has 1 atom stereocenters. The van der Waals surface area contributed by atoms with Gasteiger partial charge in [-0.25, -0.2) is 9.97 Å². The standard InChI is InChI=1S/C20H24N6O/c1-15-21-10-13-26(15)17-7-5-16(6-8-17)23-20(27)18-4-3-11-25(18)14-19-22-9-12-24(19)2/h5-10,12-13,18H,3-4,11,14H2,1-2H3,(H,23,27). The third-order valence-corrected chi connectivity index (χ3v) is 5.17. The Morgan fingerprint density at radius 2 is 1.96 bits per heavy atom. The van der Waals surface area contributed by atoms with Crippen molar-refractivity contribution in [2.24, 2.45) is 7.05 Å². The monoisotopic (exact) mass is 364 g/mol. The molecule has 1 aliphatic rings. The van der Waals surface area contributed by atoms with Crippen molar-refractivity contribution < 1.29 is 4.79 Å². The normalized spacial score (nSPS) is 17.3. The van der Waals surface area contributed by atoms with E-state index in [4.69, 9.17) is 0 Å². The molecule has 0 saturated carbocycles. The minimum Gasteiger partial charge on any atom is -0.337 e. The summed E-state index contributed by atoms with van der Waals surface area (Å²) in [6.07, 6.45) is 9.34. The molecular weight excluding hydrogens is 340 g/mol. The third-order valence-electron chi connectivity index (χ3n) is 5.17. The molecule has 7 heteroatoms. The summed E-state index contributed by atoms with van der Waals surface area (Å²) >= 11 is 0. The van der Waals surface area contributed by atoms with E-state index in [0.717, 1.165) is 42.4 Å². The van der Waals surface area contributed by atoms with Crippen LogP contribution < -0.4 is 5.32 Å². The first kappa shape index (κ1) is 17.5. The number of hydrogen-bond donors (Lipinski definition) is 1. The summed E-state index contributed by atoms with van der Waals surface area (Å²) in [5.74, 6) is 1.96. The summed E-state index contributed by atoms with van der Waals surface area (Å²) < 4.78 is 4.02. The Balaban J connectivity index is 1.42. The van der Waals surface area contributed by atoms with E-state index < -0.39 is 0 Å². The summed E-state index contributed by atoms with van der Waals surface area (Å²) in [5, 5.41) is 3.06. The maximum absolute atomic E-state index is 12.8. The Labute approximate surface area is 158 Å². The van der Waals surface area contributed by atoms with E-state index in [1.54, 1.807) is 12.4 Å². The van der Waals surface area contributed by atoms with Crippen molar-refractivity contribution in [1.82, 2.24) is 24.0 Å². The molecule has 0 spiro atoms. The van der Waals surface area contributed by atoms with Crippen LogP contribution >= 0.6 is 0 Å². The summed E-state index contributed by atoms with van der Waals surface area (Å²) in [4.78, 5) is 23.6. The van der Waals surface area contributed by atoms with E-state index in [9.17, 15) is 4.79 Å². The van der Waals surface area contributed by atoms with Crippen molar-refractivity contribution >= 4 is 11.6 Å². The molecule has 1 N–H and O–H groups in total. The predicted molar refractivity (Wildman–Crippen MR) is 104 cm³/mol. The zero-order valence-electron chi connectivity index (χ0n) is 15.7. The van der Waals surface area contributed by atoms with Gasteiger partial charge in [0.15, 0.2) is 0 Å². The van der Waals surface area contributed by atoms with Crippen LogP contribution in [0, 0.1) is 6.92 Å². The molecule has 1 aromatic carbocycles. The smallest absolute Gasteiger partial charge is 0.241 e. The average molecular weight is 364 g/mol.